The quantitative estimate of drug-likeness (QED) is 0.743. The van der Waals surface area contributed by atoms with E-state index in [2.05, 4.69) is 22.2 Å². The molecule has 17 heavy (non-hydrogen) atoms. The van der Waals surface area contributed by atoms with Crippen LogP contribution in [0.2, 0.25) is 0 Å². The normalized spacial score (nSPS) is 27.5. The molecule has 1 atom stereocenters. The fourth-order valence-electron chi connectivity index (χ4n) is 2.81. The molecule has 1 unspecified atom stereocenters. The van der Waals surface area contributed by atoms with Crippen LogP contribution in [-0.2, 0) is 4.79 Å². The van der Waals surface area contributed by atoms with Crippen molar-refractivity contribution in [3.8, 4) is 0 Å². The van der Waals surface area contributed by atoms with E-state index in [1.807, 2.05) is 0 Å². The van der Waals surface area contributed by atoms with E-state index in [0.717, 1.165) is 65.1 Å². The van der Waals surface area contributed by atoms with Crippen molar-refractivity contribution >= 4 is 5.78 Å². The standard InChI is InChI=1S/C13H25N3O/c1-15-8-4-12(11-15)13(17)3-2-7-16-9-5-14-6-10-16/h12,14H,2-11H2,1H3. The molecule has 0 spiro atoms. The van der Waals surface area contributed by atoms with Gasteiger partial charge in [-0.3, -0.25) is 4.79 Å². The number of nitrogens with one attached hydrogen (secondary N) is 1. The lowest BCUT2D eigenvalue weighted by Crippen LogP contribution is -2.43. The Hall–Kier alpha value is -0.450. The first-order valence-electron chi connectivity index (χ1n) is 6.90. The summed E-state index contributed by atoms with van der Waals surface area (Å²) in [5, 5.41) is 3.35. The van der Waals surface area contributed by atoms with Gasteiger partial charge in [0.15, 0.2) is 0 Å². The monoisotopic (exact) mass is 239 g/mol. The topological polar surface area (TPSA) is 35.6 Å². The van der Waals surface area contributed by atoms with Crippen molar-refractivity contribution < 1.29 is 4.79 Å². The minimum absolute atomic E-state index is 0.322. The summed E-state index contributed by atoms with van der Waals surface area (Å²) in [5.74, 6) is 0.813. The summed E-state index contributed by atoms with van der Waals surface area (Å²) in [7, 11) is 2.11. The van der Waals surface area contributed by atoms with E-state index >= 15 is 0 Å². The van der Waals surface area contributed by atoms with Crippen LogP contribution >= 0.6 is 0 Å². The van der Waals surface area contributed by atoms with Crippen LogP contribution in [0.15, 0.2) is 0 Å². The summed E-state index contributed by atoms with van der Waals surface area (Å²) in [6.45, 7) is 7.64. The van der Waals surface area contributed by atoms with Gasteiger partial charge in [-0.2, -0.15) is 0 Å². The molecule has 0 aromatic heterocycles. The molecule has 2 fully saturated rings. The Morgan fingerprint density at radius 2 is 2.06 bits per heavy atom. The molecule has 1 N–H and O–H groups in total. The largest absolute Gasteiger partial charge is 0.314 e. The summed E-state index contributed by atoms with van der Waals surface area (Å²) in [5.41, 5.74) is 0. The van der Waals surface area contributed by atoms with Crippen molar-refractivity contribution in [1.82, 2.24) is 15.1 Å². The zero-order chi connectivity index (χ0) is 12.1. The Bertz CT molecular complexity index is 251. The number of piperazine rings is 1. The zero-order valence-corrected chi connectivity index (χ0v) is 11.0. The van der Waals surface area contributed by atoms with Gasteiger partial charge in [0, 0.05) is 45.1 Å². The van der Waals surface area contributed by atoms with Gasteiger partial charge in [-0.1, -0.05) is 0 Å². The van der Waals surface area contributed by atoms with Crippen molar-refractivity contribution in [1.29, 1.82) is 0 Å². The van der Waals surface area contributed by atoms with Crippen LogP contribution in [0.5, 0.6) is 0 Å². The van der Waals surface area contributed by atoms with Crippen LogP contribution < -0.4 is 5.32 Å². The second kappa shape index (κ2) is 6.47. The predicted molar refractivity (Wildman–Crippen MR) is 69.2 cm³/mol. The maximum atomic E-state index is 12.0. The van der Waals surface area contributed by atoms with Crippen LogP contribution in [0, 0.1) is 5.92 Å². The van der Waals surface area contributed by atoms with Crippen molar-refractivity contribution in [2.45, 2.75) is 19.3 Å². The third kappa shape index (κ3) is 4.05. The highest BCUT2D eigenvalue weighted by Crippen LogP contribution is 2.17. The van der Waals surface area contributed by atoms with Crippen molar-refractivity contribution in [3.63, 3.8) is 0 Å². The van der Waals surface area contributed by atoms with E-state index in [1.54, 1.807) is 0 Å². The molecule has 2 aliphatic rings. The maximum Gasteiger partial charge on any atom is 0.137 e. The van der Waals surface area contributed by atoms with E-state index in [4.69, 9.17) is 0 Å². The predicted octanol–water partition coefficient (Wildman–Crippen LogP) is 0.193. The lowest BCUT2D eigenvalue weighted by Gasteiger charge is -2.27. The van der Waals surface area contributed by atoms with Gasteiger partial charge in [-0.05, 0) is 33.0 Å². The van der Waals surface area contributed by atoms with E-state index in [1.165, 1.54) is 0 Å². The number of hydrogen-bond acceptors (Lipinski definition) is 4. The average molecular weight is 239 g/mol. The van der Waals surface area contributed by atoms with Gasteiger partial charge < -0.3 is 15.1 Å². The SMILES string of the molecule is CN1CCC(C(=O)CCCN2CCNCC2)C1. The second-order valence-corrected chi connectivity index (χ2v) is 5.41. The Morgan fingerprint density at radius 1 is 1.29 bits per heavy atom. The van der Waals surface area contributed by atoms with Crippen LogP contribution in [-0.4, -0.2) is 68.4 Å². The molecule has 4 nitrogen and oxygen atoms in total. The van der Waals surface area contributed by atoms with Crippen molar-refractivity contribution in [3.05, 3.63) is 0 Å². The molecule has 98 valence electrons. The van der Waals surface area contributed by atoms with Gasteiger partial charge in [0.25, 0.3) is 0 Å². The van der Waals surface area contributed by atoms with E-state index in [9.17, 15) is 4.79 Å². The fraction of sp³-hybridized carbons (Fsp3) is 0.923. The van der Waals surface area contributed by atoms with Gasteiger partial charge in [-0.25, -0.2) is 0 Å². The van der Waals surface area contributed by atoms with Crippen LogP contribution in [0.4, 0.5) is 0 Å². The lowest BCUT2D eigenvalue weighted by atomic mass is 9.99. The Balaban J connectivity index is 1.59. The number of hydrogen-bond donors (Lipinski definition) is 1. The highest BCUT2D eigenvalue weighted by Gasteiger charge is 2.25. The molecule has 0 aromatic carbocycles. The van der Waals surface area contributed by atoms with E-state index in [-0.39, 0.29) is 0 Å². The van der Waals surface area contributed by atoms with E-state index in [0.29, 0.717) is 11.7 Å². The molecular formula is C13H25N3O. The highest BCUT2D eigenvalue weighted by atomic mass is 16.1. The number of carbonyl (C=O) groups is 1. The van der Waals surface area contributed by atoms with Gasteiger partial charge >= 0.3 is 0 Å². The number of likely N-dealkylation sites (tertiary alicyclic amines) is 1. The molecule has 4 heteroatoms. The summed E-state index contributed by atoms with van der Waals surface area (Å²) < 4.78 is 0. The third-order valence-electron chi connectivity index (χ3n) is 3.95. The summed E-state index contributed by atoms with van der Waals surface area (Å²) in [6, 6.07) is 0. The summed E-state index contributed by atoms with van der Waals surface area (Å²) in [6.07, 6.45) is 2.89. The smallest absolute Gasteiger partial charge is 0.137 e. The van der Waals surface area contributed by atoms with Crippen LogP contribution in [0.25, 0.3) is 0 Å². The number of nitrogens with zero attached hydrogens (tertiary/aromatic N) is 2. The molecule has 0 amide bonds. The van der Waals surface area contributed by atoms with Crippen LogP contribution in [0.3, 0.4) is 0 Å². The first kappa shape index (κ1) is 13.0. The van der Waals surface area contributed by atoms with Crippen LogP contribution in [0.1, 0.15) is 19.3 Å². The first-order chi connectivity index (χ1) is 8.25. The average Bonchev–Trinajstić information content (AvgIpc) is 2.77. The molecule has 0 saturated carbocycles. The maximum absolute atomic E-state index is 12.0. The first-order valence-corrected chi connectivity index (χ1v) is 6.90. The molecule has 0 radical (unpaired) electrons. The fourth-order valence-corrected chi connectivity index (χ4v) is 2.81. The molecule has 0 aromatic rings. The van der Waals surface area contributed by atoms with E-state index < -0.39 is 0 Å². The number of ketones is 1. The molecular weight excluding hydrogens is 214 g/mol. The number of carbonyl (C=O) groups excluding carboxylic acids is 1. The minimum atomic E-state index is 0.322. The minimum Gasteiger partial charge on any atom is -0.314 e. The number of Topliss-reactive ketones (excluding diaryl/α,β-unsaturated/α-hetero) is 1. The summed E-state index contributed by atoms with van der Waals surface area (Å²) >= 11 is 0. The molecule has 2 rings (SSSR count). The van der Waals surface area contributed by atoms with Gasteiger partial charge in [0.05, 0.1) is 0 Å². The Kier molecular flexibility index (Phi) is 4.95. The lowest BCUT2D eigenvalue weighted by molar-refractivity contribution is -0.122. The summed E-state index contributed by atoms with van der Waals surface area (Å²) in [4.78, 5) is 16.7. The second-order valence-electron chi connectivity index (χ2n) is 5.41. The molecule has 2 aliphatic heterocycles. The van der Waals surface area contributed by atoms with Gasteiger partial charge in [-0.15, -0.1) is 0 Å². The number of rotatable bonds is 5. The molecule has 0 bridgehead atoms. The molecule has 2 saturated heterocycles. The van der Waals surface area contributed by atoms with Crippen molar-refractivity contribution in [2.75, 3.05) is 52.9 Å². The Labute approximate surface area is 104 Å². The van der Waals surface area contributed by atoms with Gasteiger partial charge in [0.2, 0.25) is 0 Å². The molecule has 0 aliphatic carbocycles. The zero-order valence-electron chi connectivity index (χ0n) is 11.0. The highest BCUT2D eigenvalue weighted by molar-refractivity contribution is 5.81. The Morgan fingerprint density at radius 3 is 2.71 bits per heavy atom. The van der Waals surface area contributed by atoms with Gasteiger partial charge in [0.1, 0.15) is 5.78 Å². The third-order valence-corrected chi connectivity index (χ3v) is 3.95. The molecule has 2 heterocycles. The van der Waals surface area contributed by atoms with Crippen molar-refractivity contribution in [2.24, 2.45) is 5.92 Å².